The van der Waals surface area contributed by atoms with Gasteiger partial charge in [-0.05, 0) is 25.1 Å². The molecule has 0 amide bonds. The molecule has 0 aliphatic rings. The Morgan fingerprint density at radius 2 is 2.25 bits per heavy atom. The van der Waals surface area contributed by atoms with Gasteiger partial charge in [-0.1, -0.05) is 6.07 Å². The molecule has 1 aromatic carbocycles. The molecule has 0 fully saturated rings. The number of nitriles is 1. The molecule has 86 valence electrons. The van der Waals surface area contributed by atoms with E-state index < -0.39 is 0 Å². The Labute approximate surface area is 95.9 Å². The molecular formula is C12H17N3O. The lowest BCUT2D eigenvalue weighted by atomic mass is 10.2. The van der Waals surface area contributed by atoms with Crippen LogP contribution < -0.4 is 10.6 Å². The molecule has 1 atom stereocenters. The smallest absolute Gasteiger partial charge is 0.0992 e. The fourth-order valence-corrected chi connectivity index (χ4v) is 1.30. The van der Waals surface area contributed by atoms with E-state index in [9.17, 15) is 0 Å². The second kappa shape index (κ2) is 6.83. The van der Waals surface area contributed by atoms with Gasteiger partial charge in [-0.25, -0.2) is 0 Å². The van der Waals surface area contributed by atoms with Gasteiger partial charge in [0.05, 0.1) is 17.7 Å². The molecule has 0 saturated heterocycles. The van der Waals surface area contributed by atoms with Crippen molar-refractivity contribution in [2.45, 2.75) is 13.0 Å². The molecule has 16 heavy (non-hydrogen) atoms. The molecule has 3 N–H and O–H groups in total. The van der Waals surface area contributed by atoms with Crippen molar-refractivity contribution in [2.75, 3.05) is 25.0 Å². The summed E-state index contributed by atoms with van der Waals surface area (Å²) in [6, 6.07) is 9.46. The van der Waals surface area contributed by atoms with E-state index >= 15 is 0 Å². The van der Waals surface area contributed by atoms with Gasteiger partial charge in [0.2, 0.25) is 0 Å². The van der Waals surface area contributed by atoms with Gasteiger partial charge in [0.1, 0.15) is 0 Å². The van der Waals surface area contributed by atoms with Crippen LogP contribution in [0.15, 0.2) is 24.3 Å². The average molecular weight is 219 g/mol. The van der Waals surface area contributed by atoms with Gasteiger partial charge >= 0.3 is 0 Å². The van der Waals surface area contributed by atoms with Crippen LogP contribution in [0.25, 0.3) is 0 Å². The number of anilines is 1. The highest BCUT2D eigenvalue weighted by Crippen LogP contribution is 2.08. The molecule has 0 radical (unpaired) electrons. The van der Waals surface area contributed by atoms with E-state index in [1.807, 2.05) is 18.2 Å². The Hall–Kier alpha value is -1.57. The highest BCUT2D eigenvalue weighted by Gasteiger charge is 1.95. The zero-order chi connectivity index (χ0) is 11.8. The van der Waals surface area contributed by atoms with Crippen molar-refractivity contribution in [3.8, 4) is 6.07 Å². The molecule has 0 heterocycles. The Morgan fingerprint density at radius 1 is 1.44 bits per heavy atom. The third kappa shape index (κ3) is 4.78. The molecule has 0 aliphatic carbocycles. The molecule has 0 aliphatic heterocycles. The van der Waals surface area contributed by atoms with E-state index in [0.29, 0.717) is 12.1 Å². The molecule has 0 spiro atoms. The second-order valence-electron chi connectivity index (χ2n) is 3.67. The molecule has 4 nitrogen and oxygen atoms in total. The zero-order valence-corrected chi connectivity index (χ0v) is 9.40. The lowest BCUT2D eigenvalue weighted by Gasteiger charge is -2.09. The lowest BCUT2D eigenvalue weighted by molar-refractivity contribution is 0.192. The number of hydrogen-bond donors (Lipinski definition) is 3. The quantitative estimate of drug-likeness (QED) is 0.623. The van der Waals surface area contributed by atoms with E-state index in [0.717, 1.165) is 18.8 Å². The van der Waals surface area contributed by atoms with Crippen LogP contribution in [0.5, 0.6) is 0 Å². The first kappa shape index (κ1) is 12.5. The predicted molar refractivity (Wildman–Crippen MR) is 64.2 cm³/mol. The summed E-state index contributed by atoms with van der Waals surface area (Å²) in [5, 5.41) is 24.0. The number of aliphatic hydroxyl groups excluding tert-OH is 1. The van der Waals surface area contributed by atoms with Crippen LogP contribution >= 0.6 is 0 Å². The maximum atomic E-state index is 9.02. The monoisotopic (exact) mass is 219 g/mol. The highest BCUT2D eigenvalue weighted by molar-refractivity contribution is 5.48. The van der Waals surface area contributed by atoms with Gasteiger partial charge in [-0.2, -0.15) is 5.26 Å². The van der Waals surface area contributed by atoms with E-state index in [1.165, 1.54) is 0 Å². The van der Waals surface area contributed by atoms with Crippen molar-refractivity contribution in [1.82, 2.24) is 5.32 Å². The van der Waals surface area contributed by atoms with Crippen LogP contribution in [-0.2, 0) is 0 Å². The number of hydrogen-bond acceptors (Lipinski definition) is 4. The summed E-state index contributed by atoms with van der Waals surface area (Å²) in [4.78, 5) is 0. The Kier molecular flexibility index (Phi) is 5.34. The van der Waals surface area contributed by atoms with Crippen LogP contribution in [0.2, 0.25) is 0 Å². The minimum atomic E-state index is -0.318. The van der Waals surface area contributed by atoms with Gasteiger partial charge in [0, 0.05) is 25.3 Å². The van der Waals surface area contributed by atoms with E-state index in [4.69, 9.17) is 10.4 Å². The molecule has 0 saturated carbocycles. The largest absolute Gasteiger partial charge is 0.392 e. The summed E-state index contributed by atoms with van der Waals surface area (Å²) in [6.45, 7) is 3.89. The van der Waals surface area contributed by atoms with Crippen molar-refractivity contribution in [3.63, 3.8) is 0 Å². The zero-order valence-electron chi connectivity index (χ0n) is 9.40. The number of aliphatic hydroxyl groups is 1. The molecule has 4 heteroatoms. The minimum Gasteiger partial charge on any atom is -0.392 e. The summed E-state index contributed by atoms with van der Waals surface area (Å²) < 4.78 is 0. The number of nitrogens with one attached hydrogen (secondary N) is 2. The van der Waals surface area contributed by atoms with E-state index in [1.54, 1.807) is 13.0 Å². The van der Waals surface area contributed by atoms with Crippen molar-refractivity contribution in [1.29, 1.82) is 5.26 Å². The van der Waals surface area contributed by atoms with Gasteiger partial charge in [0.25, 0.3) is 0 Å². The van der Waals surface area contributed by atoms with Crippen LogP contribution in [-0.4, -0.2) is 30.8 Å². The van der Waals surface area contributed by atoms with Crippen LogP contribution in [0.1, 0.15) is 12.5 Å². The normalized spacial score (nSPS) is 11.8. The summed E-state index contributed by atoms with van der Waals surface area (Å²) in [5.74, 6) is 0. The van der Waals surface area contributed by atoms with Crippen LogP contribution in [0, 0.1) is 11.3 Å². The third-order valence-electron chi connectivity index (χ3n) is 2.06. The Morgan fingerprint density at radius 3 is 2.94 bits per heavy atom. The summed E-state index contributed by atoms with van der Waals surface area (Å²) >= 11 is 0. The number of benzene rings is 1. The topological polar surface area (TPSA) is 68.1 Å². The second-order valence-corrected chi connectivity index (χ2v) is 3.67. The van der Waals surface area contributed by atoms with Crippen LogP contribution in [0.4, 0.5) is 5.69 Å². The first-order chi connectivity index (χ1) is 7.72. The minimum absolute atomic E-state index is 0.318. The first-order valence-corrected chi connectivity index (χ1v) is 5.35. The van der Waals surface area contributed by atoms with Crippen molar-refractivity contribution in [3.05, 3.63) is 29.8 Å². The molecule has 1 rings (SSSR count). The number of nitrogens with zero attached hydrogens (tertiary/aromatic N) is 1. The standard InChI is InChI=1S/C12H17N3O/c1-10(16)9-14-5-6-15-12-4-2-3-11(7-12)8-13/h2-4,7,10,14-16H,5-6,9H2,1H3. The Bertz CT molecular complexity index is 358. The fraction of sp³-hybridized carbons (Fsp3) is 0.417. The molecule has 0 bridgehead atoms. The molecular weight excluding hydrogens is 202 g/mol. The maximum absolute atomic E-state index is 9.02. The first-order valence-electron chi connectivity index (χ1n) is 5.35. The van der Waals surface area contributed by atoms with Crippen molar-refractivity contribution in [2.24, 2.45) is 0 Å². The molecule has 1 unspecified atom stereocenters. The molecule has 1 aromatic rings. The summed E-state index contributed by atoms with van der Waals surface area (Å²) in [7, 11) is 0. The lowest BCUT2D eigenvalue weighted by Crippen LogP contribution is -2.28. The van der Waals surface area contributed by atoms with Crippen molar-refractivity contribution < 1.29 is 5.11 Å². The predicted octanol–water partition coefficient (Wildman–Crippen LogP) is 0.941. The number of rotatable bonds is 6. The Balaban J connectivity index is 2.24. The highest BCUT2D eigenvalue weighted by atomic mass is 16.3. The summed E-state index contributed by atoms with van der Waals surface area (Å²) in [6.07, 6.45) is -0.318. The average Bonchev–Trinajstić information content (AvgIpc) is 2.28. The van der Waals surface area contributed by atoms with Gasteiger partial charge < -0.3 is 15.7 Å². The fourth-order valence-electron chi connectivity index (χ4n) is 1.30. The van der Waals surface area contributed by atoms with E-state index in [-0.39, 0.29) is 6.10 Å². The molecule has 0 aromatic heterocycles. The van der Waals surface area contributed by atoms with Crippen molar-refractivity contribution >= 4 is 5.69 Å². The van der Waals surface area contributed by atoms with Gasteiger partial charge in [-0.15, -0.1) is 0 Å². The van der Waals surface area contributed by atoms with E-state index in [2.05, 4.69) is 16.7 Å². The third-order valence-corrected chi connectivity index (χ3v) is 2.06. The SMILES string of the molecule is CC(O)CNCCNc1cccc(C#N)c1. The summed E-state index contributed by atoms with van der Waals surface area (Å²) in [5.41, 5.74) is 1.60. The van der Waals surface area contributed by atoms with Crippen LogP contribution in [0.3, 0.4) is 0 Å². The van der Waals surface area contributed by atoms with Gasteiger partial charge in [0.15, 0.2) is 0 Å². The maximum Gasteiger partial charge on any atom is 0.0992 e. The van der Waals surface area contributed by atoms with Gasteiger partial charge in [-0.3, -0.25) is 0 Å².